The van der Waals surface area contributed by atoms with Gasteiger partial charge < -0.3 is 19.4 Å². The van der Waals surface area contributed by atoms with Crippen LogP contribution >= 0.6 is 0 Å². The lowest BCUT2D eigenvalue weighted by Crippen LogP contribution is -2.44. The number of anilines is 2. The highest BCUT2D eigenvalue weighted by molar-refractivity contribution is 6.16. The van der Waals surface area contributed by atoms with Gasteiger partial charge in [0.05, 0.1) is 41.8 Å². The standard InChI is InChI=1S/C30H26N6O3/c1-19-18-38-14-13-36(19)25-15-20(17-31)11-12-24(25)29-34-35-30(39-29)33-28-26(37)16-22-9-5-6-10-23(22)27(32-28)21-7-3-2-4-8-21/h2-12,15,19,28H,13-14,16,18H2,1H3,(H,33,35)/t19-,28-/m1/s1. The van der Waals surface area contributed by atoms with Crippen LogP contribution in [0.3, 0.4) is 0 Å². The first kappa shape index (κ1) is 24.5. The average Bonchev–Trinajstić information content (AvgIpc) is 3.39. The van der Waals surface area contributed by atoms with E-state index in [-0.39, 0.29) is 30.2 Å². The average molecular weight is 519 g/mol. The minimum atomic E-state index is -0.902. The number of hydrogen-bond donors (Lipinski definition) is 1. The predicted octanol–water partition coefficient (Wildman–Crippen LogP) is 4.23. The molecule has 0 spiro atoms. The minimum Gasteiger partial charge on any atom is -0.403 e. The summed E-state index contributed by atoms with van der Waals surface area (Å²) in [5.74, 6) is 0.182. The van der Waals surface area contributed by atoms with E-state index in [1.807, 2.05) is 66.7 Å². The molecule has 9 heteroatoms. The molecule has 194 valence electrons. The summed E-state index contributed by atoms with van der Waals surface area (Å²) >= 11 is 0. The second kappa shape index (κ2) is 10.5. The van der Waals surface area contributed by atoms with Crippen LogP contribution in [0, 0.1) is 11.3 Å². The third-order valence-electron chi connectivity index (χ3n) is 6.97. The largest absolute Gasteiger partial charge is 0.403 e. The van der Waals surface area contributed by atoms with Crippen molar-refractivity contribution in [3.05, 3.63) is 95.1 Å². The van der Waals surface area contributed by atoms with Crippen molar-refractivity contribution < 1.29 is 13.9 Å². The van der Waals surface area contributed by atoms with E-state index in [9.17, 15) is 10.1 Å². The number of morpholine rings is 1. The Morgan fingerprint density at radius 1 is 1.03 bits per heavy atom. The highest BCUT2D eigenvalue weighted by Crippen LogP contribution is 2.34. The van der Waals surface area contributed by atoms with Gasteiger partial charge in [-0.05, 0) is 30.7 Å². The molecule has 2 aliphatic heterocycles. The third kappa shape index (κ3) is 4.90. The fraction of sp³-hybridized carbons (Fsp3) is 0.233. The summed E-state index contributed by atoms with van der Waals surface area (Å²) in [5.41, 5.74) is 5.56. The summed E-state index contributed by atoms with van der Waals surface area (Å²) < 4.78 is 11.6. The van der Waals surface area contributed by atoms with Crippen LogP contribution in [-0.4, -0.2) is 53.7 Å². The van der Waals surface area contributed by atoms with Gasteiger partial charge in [0.2, 0.25) is 0 Å². The SMILES string of the molecule is C[C@@H]1COCCN1c1cc(C#N)ccc1-c1nnc(N[C@H]2N=C(c3ccccc3)c3ccccc3CC2=O)o1. The van der Waals surface area contributed by atoms with Crippen molar-refractivity contribution in [3.63, 3.8) is 0 Å². The van der Waals surface area contributed by atoms with Gasteiger partial charge in [0.25, 0.3) is 5.89 Å². The summed E-state index contributed by atoms with van der Waals surface area (Å²) in [4.78, 5) is 20.3. The van der Waals surface area contributed by atoms with Crippen LogP contribution in [0.2, 0.25) is 0 Å². The van der Waals surface area contributed by atoms with Crippen LogP contribution in [0.5, 0.6) is 0 Å². The smallest absolute Gasteiger partial charge is 0.317 e. The number of hydrogen-bond acceptors (Lipinski definition) is 9. The summed E-state index contributed by atoms with van der Waals surface area (Å²) in [6.07, 6.45) is -0.677. The van der Waals surface area contributed by atoms with Crippen molar-refractivity contribution in [1.82, 2.24) is 10.2 Å². The van der Waals surface area contributed by atoms with E-state index in [2.05, 4.69) is 33.4 Å². The molecule has 4 aromatic rings. The Labute approximate surface area is 225 Å². The van der Waals surface area contributed by atoms with E-state index in [1.54, 1.807) is 6.07 Å². The van der Waals surface area contributed by atoms with Gasteiger partial charge in [-0.2, -0.15) is 5.26 Å². The number of ether oxygens (including phenoxy) is 1. The second-order valence-electron chi connectivity index (χ2n) is 9.56. The number of nitriles is 1. The van der Waals surface area contributed by atoms with Gasteiger partial charge in [0.1, 0.15) is 0 Å². The Morgan fingerprint density at radius 3 is 2.67 bits per heavy atom. The molecule has 1 saturated heterocycles. The summed E-state index contributed by atoms with van der Waals surface area (Å²) in [6, 6.07) is 25.4. The Kier molecular flexibility index (Phi) is 6.61. The number of aromatic nitrogens is 2. The normalized spacial score (nSPS) is 19.0. The zero-order valence-corrected chi connectivity index (χ0v) is 21.4. The van der Waals surface area contributed by atoms with Gasteiger partial charge >= 0.3 is 6.01 Å². The molecule has 1 fully saturated rings. The number of nitrogens with one attached hydrogen (secondary N) is 1. The topological polar surface area (TPSA) is 117 Å². The Hall–Kier alpha value is -4.81. The first-order valence-electron chi connectivity index (χ1n) is 12.8. The fourth-order valence-electron chi connectivity index (χ4n) is 5.01. The quantitative estimate of drug-likeness (QED) is 0.417. The van der Waals surface area contributed by atoms with Gasteiger partial charge in [-0.15, -0.1) is 5.10 Å². The third-order valence-corrected chi connectivity index (χ3v) is 6.97. The molecule has 0 radical (unpaired) electrons. The van der Waals surface area contributed by atoms with E-state index < -0.39 is 6.17 Å². The molecule has 3 aromatic carbocycles. The fourth-order valence-corrected chi connectivity index (χ4v) is 5.01. The van der Waals surface area contributed by atoms with Crippen LogP contribution < -0.4 is 10.2 Å². The summed E-state index contributed by atoms with van der Waals surface area (Å²) in [5, 5.41) is 21.0. The molecule has 1 N–H and O–H groups in total. The van der Waals surface area contributed by atoms with Crippen LogP contribution in [0.15, 0.2) is 82.2 Å². The monoisotopic (exact) mass is 518 g/mol. The van der Waals surface area contributed by atoms with Gasteiger partial charge in [-0.25, -0.2) is 0 Å². The number of ketones is 1. The molecular formula is C30H26N6O3. The van der Waals surface area contributed by atoms with E-state index in [4.69, 9.17) is 14.1 Å². The number of aliphatic imine (C=N–C) groups is 1. The number of nitrogens with zero attached hydrogens (tertiary/aromatic N) is 5. The molecule has 2 aliphatic rings. The highest BCUT2D eigenvalue weighted by atomic mass is 16.5. The van der Waals surface area contributed by atoms with Crippen LogP contribution in [0.1, 0.15) is 29.2 Å². The first-order valence-corrected chi connectivity index (χ1v) is 12.8. The first-order chi connectivity index (χ1) is 19.1. The number of fused-ring (bicyclic) bond motifs is 1. The van der Waals surface area contributed by atoms with Crippen molar-refractivity contribution in [2.45, 2.75) is 25.6 Å². The predicted molar refractivity (Wildman–Crippen MR) is 147 cm³/mol. The maximum Gasteiger partial charge on any atom is 0.317 e. The van der Waals surface area contributed by atoms with Gasteiger partial charge in [0.15, 0.2) is 11.9 Å². The molecule has 0 unspecified atom stereocenters. The summed E-state index contributed by atoms with van der Waals surface area (Å²) in [7, 11) is 0. The van der Waals surface area contributed by atoms with E-state index in [0.717, 1.165) is 28.1 Å². The minimum absolute atomic E-state index is 0.0933. The van der Waals surface area contributed by atoms with Crippen LogP contribution in [0.25, 0.3) is 11.5 Å². The Bertz CT molecular complexity index is 1590. The van der Waals surface area contributed by atoms with Crippen molar-refractivity contribution in [2.75, 3.05) is 30.0 Å². The Morgan fingerprint density at radius 2 is 1.85 bits per heavy atom. The lowest BCUT2D eigenvalue weighted by Gasteiger charge is -2.36. The number of benzene rings is 3. The molecule has 39 heavy (non-hydrogen) atoms. The zero-order valence-electron chi connectivity index (χ0n) is 21.4. The zero-order chi connectivity index (χ0) is 26.8. The van der Waals surface area contributed by atoms with Crippen LogP contribution in [-0.2, 0) is 16.0 Å². The molecule has 0 saturated carbocycles. The van der Waals surface area contributed by atoms with E-state index in [1.165, 1.54) is 0 Å². The van der Waals surface area contributed by atoms with Gasteiger partial charge in [-0.3, -0.25) is 9.79 Å². The molecule has 2 atom stereocenters. The van der Waals surface area contributed by atoms with Crippen molar-refractivity contribution >= 4 is 23.2 Å². The molecule has 1 aromatic heterocycles. The van der Waals surface area contributed by atoms with Crippen LogP contribution in [0.4, 0.5) is 11.7 Å². The number of carbonyl (C=O) groups excluding carboxylic acids is 1. The maximum atomic E-state index is 13.3. The number of rotatable bonds is 5. The highest BCUT2D eigenvalue weighted by Gasteiger charge is 2.28. The lowest BCUT2D eigenvalue weighted by molar-refractivity contribution is -0.119. The van der Waals surface area contributed by atoms with Crippen molar-refractivity contribution in [3.8, 4) is 17.5 Å². The number of Topliss-reactive ketones (excluding diaryl/α,β-unsaturated/α-hetero) is 1. The van der Waals surface area contributed by atoms with Gasteiger partial charge in [0, 0.05) is 30.1 Å². The second-order valence-corrected chi connectivity index (χ2v) is 9.56. The number of carbonyl (C=O) groups is 1. The van der Waals surface area contributed by atoms with Crippen molar-refractivity contribution in [1.29, 1.82) is 5.26 Å². The molecule has 3 heterocycles. The molecular weight excluding hydrogens is 492 g/mol. The molecule has 6 rings (SSSR count). The van der Waals surface area contributed by atoms with E-state index in [0.29, 0.717) is 30.9 Å². The lowest BCUT2D eigenvalue weighted by atomic mass is 9.96. The van der Waals surface area contributed by atoms with Gasteiger partial charge in [-0.1, -0.05) is 59.7 Å². The summed E-state index contributed by atoms with van der Waals surface area (Å²) in [6.45, 7) is 3.92. The Balaban J connectivity index is 1.34. The molecule has 9 nitrogen and oxygen atoms in total. The molecule has 0 amide bonds. The maximum absolute atomic E-state index is 13.3. The molecule has 0 aliphatic carbocycles. The molecule has 0 bridgehead atoms. The van der Waals surface area contributed by atoms with E-state index >= 15 is 0 Å². The van der Waals surface area contributed by atoms with Crippen molar-refractivity contribution in [2.24, 2.45) is 4.99 Å².